The number of ketones is 1. The Morgan fingerprint density at radius 3 is 2.84 bits per heavy atom. The van der Waals surface area contributed by atoms with Gasteiger partial charge in [-0.25, -0.2) is 0 Å². The van der Waals surface area contributed by atoms with Crippen LogP contribution in [0.4, 0.5) is 0 Å². The first-order valence-electron chi connectivity index (χ1n) is 10.7. The maximum Gasteiger partial charge on any atom is 0.167 e. The van der Waals surface area contributed by atoms with E-state index in [0.717, 1.165) is 41.9 Å². The summed E-state index contributed by atoms with van der Waals surface area (Å²) in [5, 5.41) is 0. The molecule has 0 N–H and O–H groups in total. The second-order valence-corrected chi connectivity index (χ2v) is 9.67. The number of Topliss-reactive ketones (excluding diaryl/α,β-unsaturated/α-hetero) is 1. The lowest BCUT2D eigenvalue weighted by atomic mass is 9.65. The summed E-state index contributed by atoms with van der Waals surface area (Å²) in [6, 6.07) is 4.39. The van der Waals surface area contributed by atoms with Crippen LogP contribution < -0.4 is 0 Å². The van der Waals surface area contributed by atoms with E-state index in [2.05, 4.69) is 26.0 Å². The fourth-order valence-corrected chi connectivity index (χ4v) is 7.06. The molecule has 0 aromatic carbocycles. The molecule has 6 atom stereocenters. The van der Waals surface area contributed by atoms with Crippen molar-refractivity contribution in [3.8, 4) is 0 Å². The standard InChI is InChI=1S/C23H31NO/c1-3-16-9-14(2)21-19(22(16)25)6-7-20(24-21)23-8-4-5-17-10-15(12-23)11-18(17)13-23/h6-7,14-18H,3-5,8-13H2,1-2H3. The van der Waals surface area contributed by atoms with Crippen LogP contribution in [0.3, 0.4) is 0 Å². The Hall–Kier alpha value is -1.18. The minimum absolute atomic E-state index is 0.206. The number of carbonyl (C=O) groups excluding carboxylic acids is 1. The van der Waals surface area contributed by atoms with Crippen LogP contribution in [0.5, 0.6) is 0 Å². The van der Waals surface area contributed by atoms with E-state index in [4.69, 9.17) is 4.98 Å². The molecule has 1 aromatic heterocycles. The highest BCUT2D eigenvalue weighted by atomic mass is 16.1. The Labute approximate surface area is 151 Å². The van der Waals surface area contributed by atoms with E-state index in [-0.39, 0.29) is 5.92 Å². The van der Waals surface area contributed by atoms with Gasteiger partial charge in [0.2, 0.25) is 0 Å². The van der Waals surface area contributed by atoms with Crippen LogP contribution in [0, 0.1) is 23.7 Å². The highest BCUT2D eigenvalue weighted by Gasteiger charge is 2.51. The Bertz CT molecular complexity index is 710. The molecular formula is C23H31NO. The normalized spacial score (nSPS) is 42.3. The number of pyridine rings is 1. The molecule has 1 heterocycles. The van der Waals surface area contributed by atoms with E-state index in [0.29, 0.717) is 17.1 Å². The first-order valence-corrected chi connectivity index (χ1v) is 10.7. The Morgan fingerprint density at radius 1 is 1.16 bits per heavy atom. The molecule has 0 saturated heterocycles. The first-order chi connectivity index (χ1) is 12.1. The van der Waals surface area contributed by atoms with Crippen molar-refractivity contribution in [2.45, 2.75) is 83.0 Å². The molecule has 25 heavy (non-hydrogen) atoms. The summed E-state index contributed by atoms with van der Waals surface area (Å²) in [6.07, 6.45) is 11.8. The van der Waals surface area contributed by atoms with Crippen LogP contribution in [-0.2, 0) is 5.41 Å². The minimum Gasteiger partial charge on any atom is -0.294 e. The third kappa shape index (κ3) is 2.35. The number of nitrogens with zero attached hydrogens (tertiary/aromatic N) is 1. The van der Waals surface area contributed by atoms with E-state index < -0.39 is 0 Å². The zero-order valence-electron chi connectivity index (χ0n) is 15.8. The van der Waals surface area contributed by atoms with Gasteiger partial charge in [-0.3, -0.25) is 9.78 Å². The molecule has 3 bridgehead atoms. The maximum absolute atomic E-state index is 12.8. The van der Waals surface area contributed by atoms with Gasteiger partial charge in [0, 0.05) is 22.6 Å². The molecule has 0 spiro atoms. The smallest absolute Gasteiger partial charge is 0.167 e. The monoisotopic (exact) mass is 337 g/mol. The van der Waals surface area contributed by atoms with Crippen molar-refractivity contribution >= 4 is 5.78 Å². The number of fused-ring (bicyclic) bond motifs is 3. The number of hydrogen-bond donors (Lipinski definition) is 0. The Balaban J connectivity index is 1.55. The predicted molar refractivity (Wildman–Crippen MR) is 99.8 cm³/mol. The van der Waals surface area contributed by atoms with Gasteiger partial charge in [-0.15, -0.1) is 0 Å². The first kappa shape index (κ1) is 16.0. The SMILES string of the molecule is CCC1CC(C)c2nc(C34CCCC5CC(CC5C3)C4)ccc2C1=O. The van der Waals surface area contributed by atoms with Gasteiger partial charge in [-0.1, -0.05) is 26.7 Å². The summed E-state index contributed by atoms with van der Waals surface area (Å²) in [4.78, 5) is 18.0. The van der Waals surface area contributed by atoms with Crippen molar-refractivity contribution in [3.05, 3.63) is 29.1 Å². The van der Waals surface area contributed by atoms with Crippen LogP contribution in [0.25, 0.3) is 0 Å². The number of hydrogen-bond acceptors (Lipinski definition) is 2. The highest BCUT2D eigenvalue weighted by molar-refractivity contribution is 6.00. The summed E-state index contributed by atoms with van der Waals surface area (Å²) in [5.41, 5.74) is 3.69. The molecule has 5 rings (SSSR count). The topological polar surface area (TPSA) is 30.0 Å². The minimum atomic E-state index is 0.206. The van der Waals surface area contributed by atoms with E-state index in [1.54, 1.807) is 0 Å². The van der Waals surface area contributed by atoms with E-state index in [1.165, 1.54) is 50.6 Å². The largest absolute Gasteiger partial charge is 0.294 e. The lowest BCUT2D eigenvalue weighted by Gasteiger charge is -2.40. The molecule has 2 heteroatoms. The van der Waals surface area contributed by atoms with Crippen molar-refractivity contribution in [1.82, 2.24) is 4.98 Å². The van der Waals surface area contributed by atoms with Gasteiger partial charge >= 0.3 is 0 Å². The second-order valence-electron chi connectivity index (χ2n) is 9.67. The van der Waals surface area contributed by atoms with Crippen molar-refractivity contribution in [3.63, 3.8) is 0 Å². The van der Waals surface area contributed by atoms with Gasteiger partial charge in [0.05, 0.1) is 5.69 Å². The van der Waals surface area contributed by atoms with E-state index >= 15 is 0 Å². The molecule has 3 fully saturated rings. The summed E-state index contributed by atoms with van der Waals surface area (Å²) in [7, 11) is 0. The van der Waals surface area contributed by atoms with Gasteiger partial charge in [0.1, 0.15) is 0 Å². The quantitative estimate of drug-likeness (QED) is 0.697. The molecule has 4 aliphatic rings. The summed E-state index contributed by atoms with van der Waals surface area (Å²) >= 11 is 0. The zero-order chi connectivity index (χ0) is 17.2. The zero-order valence-corrected chi connectivity index (χ0v) is 15.8. The Morgan fingerprint density at radius 2 is 2.00 bits per heavy atom. The lowest BCUT2D eigenvalue weighted by molar-refractivity contribution is 0.0888. The highest BCUT2D eigenvalue weighted by Crippen LogP contribution is 2.59. The molecule has 4 aliphatic carbocycles. The van der Waals surface area contributed by atoms with Crippen LogP contribution in [-0.4, -0.2) is 10.8 Å². The molecule has 0 aliphatic heterocycles. The van der Waals surface area contributed by atoms with Crippen molar-refractivity contribution in [2.75, 3.05) is 0 Å². The van der Waals surface area contributed by atoms with Crippen LogP contribution in [0.1, 0.15) is 99.3 Å². The van der Waals surface area contributed by atoms with Crippen LogP contribution in [0.2, 0.25) is 0 Å². The number of rotatable bonds is 2. The van der Waals surface area contributed by atoms with Crippen molar-refractivity contribution in [2.24, 2.45) is 23.7 Å². The summed E-state index contributed by atoms with van der Waals surface area (Å²) in [5.74, 6) is 3.85. The second kappa shape index (κ2) is 5.66. The molecule has 1 aromatic rings. The number of aromatic nitrogens is 1. The molecule has 134 valence electrons. The fourth-order valence-electron chi connectivity index (χ4n) is 7.06. The van der Waals surface area contributed by atoms with Gasteiger partial charge in [0.25, 0.3) is 0 Å². The third-order valence-corrected chi connectivity index (χ3v) is 8.20. The van der Waals surface area contributed by atoms with Gasteiger partial charge < -0.3 is 0 Å². The maximum atomic E-state index is 12.8. The molecule has 6 unspecified atom stereocenters. The third-order valence-electron chi connectivity index (χ3n) is 8.20. The molecule has 0 radical (unpaired) electrons. The average Bonchev–Trinajstić information content (AvgIpc) is 2.83. The molecule has 3 saturated carbocycles. The summed E-state index contributed by atoms with van der Waals surface area (Å²) < 4.78 is 0. The molecule has 0 amide bonds. The number of carbonyl (C=O) groups is 1. The van der Waals surface area contributed by atoms with Gasteiger partial charge in [-0.2, -0.15) is 0 Å². The van der Waals surface area contributed by atoms with Crippen LogP contribution >= 0.6 is 0 Å². The average molecular weight is 338 g/mol. The van der Waals surface area contributed by atoms with Crippen LogP contribution in [0.15, 0.2) is 12.1 Å². The van der Waals surface area contributed by atoms with Crippen molar-refractivity contribution < 1.29 is 4.79 Å². The van der Waals surface area contributed by atoms with Gasteiger partial charge in [0.15, 0.2) is 5.78 Å². The van der Waals surface area contributed by atoms with Crippen molar-refractivity contribution in [1.29, 1.82) is 0 Å². The summed E-state index contributed by atoms with van der Waals surface area (Å²) in [6.45, 7) is 4.41. The van der Waals surface area contributed by atoms with E-state index in [9.17, 15) is 4.79 Å². The fraction of sp³-hybridized carbons (Fsp3) is 0.739. The van der Waals surface area contributed by atoms with Gasteiger partial charge in [-0.05, 0) is 80.8 Å². The Kier molecular flexibility index (Phi) is 3.63. The molecular weight excluding hydrogens is 306 g/mol. The lowest BCUT2D eigenvalue weighted by Crippen LogP contribution is -2.35. The molecule has 2 nitrogen and oxygen atoms in total. The predicted octanol–water partition coefficient (Wildman–Crippen LogP) is 5.66. The van der Waals surface area contributed by atoms with E-state index in [1.807, 2.05) is 0 Å².